The van der Waals surface area contributed by atoms with Crippen molar-refractivity contribution in [1.29, 1.82) is 0 Å². The number of primary amides is 1. The van der Waals surface area contributed by atoms with Gasteiger partial charge in [0.05, 0.1) is 6.04 Å². The molecule has 210 valence electrons. The van der Waals surface area contributed by atoms with Gasteiger partial charge in [0.15, 0.2) is 0 Å². The molecule has 14 heteroatoms. The molecule has 0 fully saturated rings. The Kier molecular flexibility index (Phi) is 14.5. The highest BCUT2D eigenvalue weighted by atomic mass is 32.2. The molecule has 1 aromatic carbocycles. The summed E-state index contributed by atoms with van der Waals surface area (Å²) < 4.78 is 0. The number of carbonyl (C=O) groups excluding carboxylic acids is 4. The van der Waals surface area contributed by atoms with Crippen LogP contribution >= 0.6 is 11.8 Å². The first-order chi connectivity index (χ1) is 17.9. The first-order valence-electron chi connectivity index (χ1n) is 11.9. The number of nitrogens with one attached hydrogen (secondary N) is 3. The number of carboxylic acids is 2. The third-order valence-electron chi connectivity index (χ3n) is 5.46. The molecular formula is C24H35N5O8S. The van der Waals surface area contributed by atoms with Crippen LogP contribution < -0.4 is 27.4 Å². The molecular weight excluding hydrogens is 518 g/mol. The van der Waals surface area contributed by atoms with Crippen LogP contribution in [0.4, 0.5) is 0 Å². The summed E-state index contributed by atoms with van der Waals surface area (Å²) in [5.74, 6) is -5.06. The Morgan fingerprint density at radius 3 is 1.92 bits per heavy atom. The van der Waals surface area contributed by atoms with Crippen LogP contribution in [0.15, 0.2) is 30.3 Å². The van der Waals surface area contributed by atoms with Crippen molar-refractivity contribution < 1.29 is 39.0 Å². The van der Waals surface area contributed by atoms with Gasteiger partial charge in [0, 0.05) is 19.3 Å². The number of benzene rings is 1. The number of thioether (sulfide) groups is 1. The van der Waals surface area contributed by atoms with Gasteiger partial charge in [-0.15, -0.1) is 0 Å². The summed E-state index contributed by atoms with van der Waals surface area (Å²) in [5.41, 5.74) is 11.6. The Hall–Kier alpha value is -3.65. The van der Waals surface area contributed by atoms with E-state index < -0.39 is 66.2 Å². The standard InChI is InChI=1S/C24H35N5O8S/c1-38-12-11-15(25)21(33)27-16(8-10-20(31)32)22(34)29-18(13-14-5-3-2-4-6-14)23(35)28-17(24(36)37)7-9-19(26)30/h2-6,15-18H,7-13,25H2,1H3,(H2,26,30)(H,27,33)(H,28,35)(H,29,34)(H,31,32)(H,36,37). The van der Waals surface area contributed by atoms with Crippen molar-refractivity contribution in [2.24, 2.45) is 11.5 Å². The average Bonchev–Trinajstić information content (AvgIpc) is 2.86. The van der Waals surface area contributed by atoms with E-state index >= 15 is 0 Å². The summed E-state index contributed by atoms with van der Waals surface area (Å²) in [6.45, 7) is 0. The van der Waals surface area contributed by atoms with Gasteiger partial charge < -0.3 is 37.6 Å². The molecule has 38 heavy (non-hydrogen) atoms. The molecule has 0 aliphatic carbocycles. The van der Waals surface area contributed by atoms with E-state index in [9.17, 15) is 33.9 Å². The number of aliphatic carboxylic acids is 2. The highest BCUT2D eigenvalue weighted by molar-refractivity contribution is 7.98. The molecule has 13 nitrogen and oxygen atoms in total. The summed E-state index contributed by atoms with van der Waals surface area (Å²) in [7, 11) is 0. The van der Waals surface area contributed by atoms with Gasteiger partial charge in [-0.2, -0.15) is 11.8 Å². The predicted molar refractivity (Wildman–Crippen MR) is 140 cm³/mol. The molecule has 0 saturated heterocycles. The zero-order valence-electron chi connectivity index (χ0n) is 21.1. The average molecular weight is 554 g/mol. The second-order valence-electron chi connectivity index (χ2n) is 8.54. The van der Waals surface area contributed by atoms with E-state index in [2.05, 4.69) is 16.0 Å². The summed E-state index contributed by atoms with van der Waals surface area (Å²) in [4.78, 5) is 72.5. The minimum Gasteiger partial charge on any atom is -0.481 e. The largest absolute Gasteiger partial charge is 0.481 e. The van der Waals surface area contributed by atoms with E-state index in [4.69, 9.17) is 16.6 Å². The first-order valence-corrected chi connectivity index (χ1v) is 13.3. The van der Waals surface area contributed by atoms with Gasteiger partial charge in [-0.3, -0.25) is 24.0 Å². The maximum Gasteiger partial charge on any atom is 0.326 e. The smallest absolute Gasteiger partial charge is 0.326 e. The number of amides is 4. The third-order valence-corrected chi connectivity index (χ3v) is 6.10. The van der Waals surface area contributed by atoms with Crippen molar-refractivity contribution in [2.75, 3.05) is 12.0 Å². The third kappa shape index (κ3) is 12.5. The fourth-order valence-electron chi connectivity index (χ4n) is 3.34. The summed E-state index contributed by atoms with van der Waals surface area (Å²) in [5, 5.41) is 25.8. The van der Waals surface area contributed by atoms with Crippen LogP contribution in [0.3, 0.4) is 0 Å². The fourth-order valence-corrected chi connectivity index (χ4v) is 3.83. The number of hydrogen-bond acceptors (Lipinski definition) is 8. The van der Waals surface area contributed by atoms with Gasteiger partial charge >= 0.3 is 11.9 Å². The second kappa shape index (κ2) is 17.0. The molecule has 0 aromatic heterocycles. The Labute approximate surface area is 224 Å². The molecule has 4 atom stereocenters. The molecule has 9 N–H and O–H groups in total. The quantitative estimate of drug-likeness (QED) is 0.117. The molecule has 4 amide bonds. The van der Waals surface area contributed by atoms with Crippen molar-refractivity contribution >= 4 is 47.3 Å². The SMILES string of the molecule is CSCCC(N)C(=O)NC(CCC(=O)O)C(=O)NC(Cc1ccccc1)C(=O)NC(CCC(N)=O)C(=O)O. The van der Waals surface area contributed by atoms with Gasteiger partial charge in [-0.05, 0) is 36.8 Å². The molecule has 0 heterocycles. The molecule has 0 saturated carbocycles. The van der Waals surface area contributed by atoms with Crippen LogP contribution in [-0.2, 0) is 35.2 Å². The van der Waals surface area contributed by atoms with E-state index in [1.165, 1.54) is 11.8 Å². The van der Waals surface area contributed by atoms with E-state index in [0.717, 1.165) is 0 Å². The van der Waals surface area contributed by atoms with Crippen molar-refractivity contribution in [3.63, 3.8) is 0 Å². The lowest BCUT2D eigenvalue weighted by Gasteiger charge is -2.25. The minimum absolute atomic E-state index is 0.0343. The number of hydrogen-bond donors (Lipinski definition) is 7. The van der Waals surface area contributed by atoms with Gasteiger partial charge in [0.1, 0.15) is 18.1 Å². The van der Waals surface area contributed by atoms with Crippen LogP contribution in [0, 0.1) is 0 Å². The van der Waals surface area contributed by atoms with Crippen LogP contribution in [0.1, 0.15) is 37.7 Å². The van der Waals surface area contributed by atoms with E-state index in [0.29, 0.717) is 17.7 Å². The molecule has 0 aliphatic heterocycles. The lowest BCUT2D eigenvalue weighted by atomic mass is 10.0. The maximum atomic E-state index is 13.1. The molecule has 0 radical (unpaired) electrons. The first kappa shape index (κ1) is 32.4. The van der Waals surface area contributed by atoms with Crippen molar-refractivity contribution in [3.05, 3.63) is 35.9 Å². The minimum atomic E-state index is -1.44. The Morgan fingerprint density at radius 1 is 0.816 bits per heavy atom. The number of rotatable bonds is 18. The second-order valence-corrected chi connectivity index (χ2v) is 9.52. The van der Waals surface area contributed by atoms with Crippen molar-refractivity contribution in [3.8, 4) is 0 Å². The van der Waals surface area contributed by atoms with E-state index in [1.54, 1.807) is 30.3 Å². The number of carboxylic acid groups (broad SMARTS) is 2. The Bertz CT molecular complexity index is 978. The van der Waals surface area contributed by atoms with E-state index in [1.807, 2.05) is 6.26 Å². The summed E-state index contributed by atoms with van der Waals surface area (Å²) >= 11 is 1.48. The Morgan fingerprint density at radius 2 is 1.37 bits per heavy atom. The van der Waals surface area contributed by atoms with Crippen LogP contribution in [0.25, 0.3) is 0 Å². The van der Waals surface area contributed by atoms with Gasteiger partial charge in [0.25, 0.3) is 0 Å². The van der Waals surface area contributed by atoms with Crippen molar-refractivity contribution in [1.82, 2.24) is 16.0 Å². The van der Waals surface area contributed by atoms with Crippen molar-refractivity contribution in [2.45, 2.75) is 62.7 Å². The lowest BCUT2D eigenvalue weighted by molar-refractivity contribution is -0.142. The summed E-state index contributed by atoms with van der Waals surface area (Å²) in [6.07, 6.45) is 0.893. The Balaban J connectivity index is 3.12. The van der Waals surface area contributed by atoms with Crippen LogP contribution in [0.2, 0.25) is 0 Å². The van der Waals surface area contributed by atoms with Gasteiger partial charge in [-0.25, -0.2) is 4.79 Å². The number of nitrogens with two attached hydrogens (primary N) is 2. The molecule has 0 aliphatic rings. The number of carbonyl (C=O) groups is 6. The molecule has 1 aromatic rings. The maximum absolute atomic E-state index is 13.1. The topological polar surface area (TPSA) is 231 Å². The van der Waals surface area contributed by atoms with Gasteiger partial charge in [0.2, 0.25) is 23.6 Å². The lowest BCUT2D eigenvalue weighted by Crippen LogP contribution is -2.57. The van der Waals surface area contributed by atoms with Crippen LogP contribution in [-0.4, -0.2) is 82.0 Å². The zero-order valence-corrected chi connectivity index (χ0v) is 21.9. The highest BCUT2D eigenvalue weighted by Gasteiger charge is 2.31. The van der Waals surface area contributed by atoms with Crippen LogP contribution in [0.5, 0.6) is 0 Å². The monoisotopic (exact) mass is 553 g/mol. The normalized spacial score (nSPS) is 13.8. The molecule has 0 bridgehead atoms. The molecule has 0 spiro atoms. The summed E-state index contributed by atoms with van der Waals surface area (Å²) in [6, 6.07) is 3.61. The van der Waals surface area contributed by atoms with Gasteiger partial charge in [-0.1, -0.05) is 30.3 Å². The highest BCUT2D eigenvalue weighted by Crippen LogP contribution is 2.08. The zero-order chi connectivity index (χ0) is 28.7. The van der Waals surface area contributed by atoms with E-state index in [-0.39, 0.29) is 25.7 Å². The molecule has 1 rings (SSSR count). The molecule has 4 unspecified atom stereocenters. The predicted octanol–water partition coefficient (Wildman–Crippen LogP) is -1.02. The fraction of sp³-hybridized carbons (Fsp3) is 0.500.